The number of ether oxygens (including phenoxy) is 1. The Morgan fingerprint density at radius 2 is 2.23 bits per heavy atom. The van der Waals surface area contributed by atoms with Crippen LogP contribution >= 0.6 is 0 Å². The van der Waals surface area contributed by atoms with Crippen LogP contribution < -0.4 is 0 Å². The Morgan fingerprint density at radius 1 is 1.54 bits per heavy atom. The molecule has 2 aliphatic heterocycles. The van der Waals surface area contributed by atoms with Gasteiger partial charge in [-0.15, -0.1) is 0 Å². The molecule has 2 fully saturated rings. The normalized spacial score (nSPS) is 24.7. The van der Waals surface area contributed by atoms with E-state index in [1.165, 1.54) is 7.11 Å². The topological polar surface area (TPSA) is 46.6 Å². The van der Waals surface area contributed by atoms with E-state index in [4.69, 9.17) is 0 Å². The third kappa shape index (κ3) is 1.29. The molecule has 2 aliphatic rings. The molecule has 0 saturated carbocycles. The van der Waals surface area contributed by atoms with Gasteiger partial charge in [-0.25, -0.2) is 9.69 Å². The standard InChI is InChI=1S/C8H13N2O3/c1-13-8(12)9-5-10(6-9)3-2-7(11)4-10/h2-6H2,1H3/q+1. The van der Waals surface area contributed by atoms with Crippen LogP contribution in [-0.2, 0) is 9.53 Å². The van der Waals surface area contributed by atoms with Crippen LogP contribution in [0.4, 0.5) is 4.79 Å². The van der Waals surface area contributed by atoms with E-state index in [2.05, 4.69) is 4.74 Å². The minimum Gasteiger partial charge on any atom is -0.452 e. The highest BCUT2D eigenvalue weighted by atomic mass is 16.5. The lowest BCUT2D eigenvalue weighted by Gasteiger charge is -2.47. The first-order valence-corrected chi connectivity index (χ1v) is 4.35. The molecule has 0 aromatic carbocycles. The molecule has 0 radical (unpaired) electrons. The van der Waals surface area contributed by atoms with Crippen molar-refractivity contribution in [3.05, 3.63) is 0 Å². The number of nitrogens with zero attached hydrogens (tertiary/aromatic N) is 2. The quantitative estimate of drug-likeness (QED) is 0.490. The second-order valence-corrected chi connectivity index (χ2v) is 3.80. The molecule has 72 valence electrons. The van der Waals surface area contributed by atoms with Gasteiger partial charge < -0.3 is 4.74 Å². The van der Waals surface area contributed by atoms with E-state index in [0.717, 1.165) is 11.0 Å². The summed E-state index contributed by atoms with van der Waals surface area (Å²) in [5, 5.41) is 0. The van der Waals surface area contributed by atoms with Gasteiger partial charge in [0.1, 0.15) is 6.54 Å². The van der Waals surface area contributed by atoms with Crippen LogP contribution in [0.3, 0.4) is 0 Å². The predicted octanol–water partition coefficient (Wildman–Crippen LogP) is -0.227. The van der Waals surface area contributed by atoms with E-state index < -0.39 is 0 Å². The second kappa shape index (κ2) is 2.70. The number of hydrogen-bond acceptors (Lipinski definition) is 3. The number of rotatable bonds is 0. The van der Waals surface area contributed by atoms with Crippen molar-refractivity contribution in [3.8, 4) is 0 Å². The number of methoxy groups -OCH3 is 1. The number of carbonyl (C=O) groups is 2. The van der Waals surface area contributed by atoms with Crippen molar-refractivity contribution < 1.29 is 18.8 Å². The fourth-order valence-electron chi connectivity index (χ4n) is 2.06. The molecule has 1 amide bonds. The molecule has 5 heteroatoms. The Morgan fingerprint density at radius 3 is 2.69 bits per heavy atom. The molecular weight excluding hydrogens is 172 g/mol. The van der Waals surface area contributed by atoms with Crippen molar-refractivity contribution in [2.24, 2.45) is 0 Å². The Hall–Kier alpha value is -1.10. The van der Waals surface area contributed by atoms with Gasteiger partial charge in [0.05, 0.1) is 20.1 Å². The van der Waals surface area contributed by atoms with E-state index in [1.807, 2.05) is 0 Å². The fourth-order valence-corrected chi connectivity index (χ4v) is 2.06. The lowest BCUT2D eigenvalue weighted by Crippen LogP contribution is -2.69. The van der Waals surface area contributed by atoms with E-state index in [0.29, 0.717) is 32.1 Å². The Balaban J connectivity index is 1.90. The molecule has 13 heavy (non-hydrogen) atoms. The predicted molar refractivity (Wildman–Crippen MR) is 43.6 cm³/mol. The molecule has 0 unspecified atom stereocenters. The zero-order valence-electron chi connectivity index (χ0n) is 7.65. The number of carbonyl (C=O) groups excluding carboxylic acids is 2. The summed E-state index contributed by atoms with van der Waals surface area (Å²) >= 11 is 0. The Bertz CT molecular complexity index is 258. The molecule has 1 spiro atoms. The fraction of sp³-hybridized carbons (Fsp3) is 0.750. The van der Waals surface area contributed by atoms with Gasteiger partial charge in [0.2, 0.25) is 0 Å². The van der Waals surface area contributed by atoms with Crippen molar-refractivity contribution >= 4 is 11.9 Å². The molecular formula is C8H13N2O3+. The van der Waals surface area contributed by atoms with Crippen molar-refractivity contribution in [2.45, 2.75) is 6.42 Å². The van der Waals surface area contributed by atoms with E-state index in [1.54, 1.807) is 4.90 Å². The van der Waals surface area contributed by atoms with Crippen LogP contribution in [-0.4, -0.2) is 54.8 Å². The van der Waals surface area contributed by atoms with Gasteiger partial charge in [-0.3, -0.25) is 9.28 Å². The van der Waals surface area contributed by atoms with Crippen molar-refractivity contribution in [1.29, 1.82) is 0 Å². The summed E-state index contributed by atoms with van der Waals surface area (Å²) in [4.78, 5) is 23.7. The maximum Gasteiger partial charge on any atom is 0.418 e. The van der Waals surface area contributed by atoms with Crippen LogP contribution in [0.25, 0.3) is 0 Å². The zero-order chi connectivity index (χ0) is 9.47. The molecule has 0 bridgehead atoms. The number of ketones is 1. The van der Waals surface area contributed by atoms with Crippen LogP contribution in [0.1, 0.15) is 6.42 Å². The first-order chi connectivity index (χ1) is 6.15. The zero-order valence-corrected chi connectivity index (χ0v) is 7.65. The lowest BCUT2D eigenvalue weighted by atomic mass is 10.4. The third-order valence-electron chi connectivity index (χ3n) is 2.75. The SMILES string of the molecule is COC(=O)N1C[N+]2(CCC(=O)C2)C1. The minimum absolute atomic E-state index is 0.289. The van der Waals surface area contributed by atoms with Crippen LogP contribution in [0.2, 0.25) is 0 Å². The van der Waals surface area contributed by atoms with Crippen molar-refractivity contribution in [1.82, 2.24) is 4.90 Å². The summed E-state index contributed by atoms with van der Waals surface area (Å²) in [5.74, 6) is 0.310. The second-order valence-electron chi connectivity index (χ2n) is 3.80. The largest absolute Gasteiger partial charge is 0.452 e. The van der Waals surface area contributed by atoms with Gasteiger partial charge >= 0.3 is 6.09 Å². The van der Waals surface area contributed by atoms with Gasteiger partial charge in [-0.05, 0) is 0 Å². The van der Waals surface area contributed by atoms with Gasteiger partial charge in [-0.2, -0.15) is 0 Å². The van der Waals surface area contributed by atoms with E-state index in [9.17, 15) is 9.59 Å². The van der Waals surface area contributed by atoms with Gasteiger partial charge in [0, 0.05) is 0 Å². The number of hydrogen-bond donors (Lipinski definition) is 0. The monoisotopic (exact) mass is 185 g/mol. The maximum atomic E-state index is 11.0. The van der Waals surface area contributed by atoms with E-state index >= 15 is 0 Å². The maximum absolute atomic E-state index is 11.0. The van der Waals surface area contributed by atoms with Crippen LogP contribution in [0.5, 0.6) is 0 Å². The Kier molecular flexibility index (Phi) is 1.76. The summed E-state index contributed by atoms with van der Waals surface area (Å²) in [6.45, 7) is 2.75. The highest BCUT2D eigenvalue weighted by Gasteiger charge is 2.49. The molecule has 2 rings (SSSR count). The number of Topliss-reactive ketones (excluding diaryl/α,β-unsaturated/α-hetero) is 1. The lowest BCUT2D eigenvalue weighted by molar-refractivity contribution is -0.978. The van der Waals surface area contributed by atoms with Gasteiger partial charge in [0.25, 0.3) is 0 Å². The smallest absolute Gasteiger partial charge is 0.418 e. The molecule has 0 atom stereocenters. The summed E-state index contributed by atoms with van der Waals surface area (Å²) in [5.41, 5.74) is 0. The van der Waals surface area contributed by atoms with Crippen LogP contribution in [0, 0.1) is 0 Å². The Labute approximate surface area is 76.4 Å². The highest BCUT2D eigenvalue weighted by Crippen LogP contribution is 2.26. The molecule has 0 aliphatic carbocycles. The van der Waals surface area contributed by atoms with Crippen molar-refractivity contribution in [3.63, 3.8) is 0 Å². The molecule has 5 nitrogen and oxygen atoms in total. The molecule has 0 aromatic rings. The highest BCUT2D eigenvalue weighted by molar-refractivity contribution is 5.81. The molecule has 2 heterocycles. The summed E-state index contributed by atoms with van der Waals surface area (Å²) < 4.78 is 5.33. The van der Waals surface area contributed by atoms with Gasteiger partial charge in [0.15, 0.2) is 19.1 Å². The molecule has 0 aromatic heterocycles. The summed E-state index contributed by atoms with van der Waals surface area (Å²) in [6, 6.07) is 0. The number of quaternary nitrogens is 1. The first-order valence-electron chi connectivity index (χ1n) is 4.35. The first kappa shape index (κ1) is 8.50. The molecule has 0 N–H and O–H groups in total. The van der Waals surface area contributed by atoms with E-state index in [-0.39, 0.29) is 6.09 Å². The third-order valence-corrected chi connectivity index (χ3v) is 2.75. The average molecular weight is 185 g/mol. The number of amides is 1. The summed E-state index contributed by atoms with van der Waals surface area (Å²) in [6.07, 6.45) is 0.373. The average Bonchev–Trinajstić information content (AvgIpc) is 2.43. The summed E-state index contributed by atoms with van der Waals surface area (Å²) in [7, 11) is 1.38. The van der Waals surface area contributed by atoms with Crippen molar-refractivity contribution in [2.75, 3.05) is 33.5 Å². The van der Waals surface area contributed by atoms with Crippen LogP contribution in [0.15, 0.2) is 0 Å². The van der Waals surface area contributed by atoms with Gasteiger partial charge in [-0.1, -0.05) is 0 Å². The minimum atomic E-state index is -0.289. The molecule has 2 saturated heterocycles.